The number of benzene rings is 4. The van der Waals surface area contributed by atoms with Crippen LogP contribution in [0.3, 0.4) is 0 Å². The molecule has 0 aromatic heterocycles. The van der Waals surface area contributed by atoms with Gasteiger partial charge in [0, 0.05) is 16.1 Å². The Kier molecular flexibility index (Phi) is 13.0. The molecule has 0 atom stereocenters. The van der Waals surface area contributed by atoms with E-state index in [0.717, 1.165) is 11.1 Å². The van der Waals surface area contributed by atoms with Crippen molar-refractivity contribution in [2.24, 2.45) is 0 Å². The van der Waals surface area contributed by atoms with E-state index in [2.05, 4.69) is 12.1 Å². The molecular weight excluding hydrogens is 459 g/mol. The van der Waals surface area contributed by atoms with E-state index in [1.807, 2.05) is 48.5 Å². The van der Waals surface area contributed by atoms with Gasteiger partial charge in [-0.2, -0.15) is 0 Å². The summed E-state index contributed by atoms with van der Waals surface area (Å²) in [6.07, 6.45) is 0. The second kappa shape index (κ2) is 15.4. The molecule has 0 fully saturated rings. The van der Waals surface area contributed by atoms with Crippen LogP contribution in [0.25, 0.3) is 11.1 Å². The smallest absolute Gasteiger partial charge is 0.423 e. The molecule has 4 aromatic carbocycles. The highest BCUT2D eigenvalue weighted by Gasteiger charge is 2.07. The molecule has 0 radical (unpaired) electrons. The van der Waals surface area contributed by atoms with Crippen LogP contribution < -0.4 is 5.46 Å². The van der Waals surface area contributed by atoms with Gasteiger partial charge in [0.1, 0.15) is 0 Å². The first-order valence-electron chi connectivity index (χ1n) is 10.6. The summed E-state index contributed by atoms with van der Waals surface area (Å²) in [7, 11) is -1.34. The average molecular weight is 489 g/mol. The normalized spacial score (nSPS) is 9.29. The molecule has 0 aliphatic rings. The number of carbonyl (C=O) groups excluding carboxylic acids is 2. The highest BCUT2D eigenvalue weighted by molar-refractivity contribution is 6.58. The zero-order valence-electron chi connectivity index (χ0n) is 19.1. The van der Waals surface area contributed by atoms with Crippen molar-refractivity contribution in [3.63, 3.8) is 0 Å². The van der Waals surface area contributed by atoms with Crippen LogP contribution in [0, 0.1) is 0 Å². The van der Waals surface area contributed by atoms with Gasteiger partial charge in [0.2, 0.25) is 0 Å². The molecule has 2 N–H and O–H groups in total. The van der Waals surface area contributed by atoms with Crippen LogP contribution in [-0.2, 0) is 0 Å². The Labute approximate surface area is 213 Å². The van der Waals surface area contributed by atoms with Crippen LogP contribution in [0.1, 0.15) is 42.0 Å². The first-order valence-corrected chi connectivity index (χ1v) is 11.0. The first kappa shape index (κ1) is 29.5. The molecule has 0 unspecified atom stereocenters. The molecule has 180 valence electrons. The third-order valence-corrected chi connectivity index (χ3v) is 5.00. The van der Waals surface area contributed by atoms with Crippen molar-refractivity contribution < 1.29 is 19.6 Å². The molecule has 0 saturated carbocycles. The summed E-state index contributed by atoms with van der Waals surface area (Å²) in [6.45, 7) is 3.11. The maximum absolute atomic E-state index is 11.1. The molecule has 6 heteroatoms. The van der Waals surface area contributed by atoms with Crippen LogP contribution in [0.15, 0.2) is 109 Å². The Morgan fingerprint density at radius 1 is 0.600 bits per heavy atom. The number of carbonyl (C=O) groups is 2. The number of Topliss-reactive ketones (excluding diaryl/α,β-unsaturated/α-hetero) is 2. The van der Waals surface area contributed by atoms with E-state index in [0.29, 0.717) is 16.0 Å². The summed E-state index contributed by atoms with van der Waals surface area (Å²) in [6, 6.07) is 33.3. The molecule has 0 aliphatic carbocycles. The van der Waals surface area contributed by atoms with Crippen molar-refractivity contribution in [2.75, 3.05) is 0 Å². The summed E-state index contributed by atoms with van der Waals surface area (Å²) < 4.78 is 0. The molecule has 0 spiro atoms. The van der Waals surface area contributed by atoms with E-state index in [1.165, 1.54) is 12.5 Å². The van der Waals surface area contributed by atoms with Crippen LogP contribution in [0.5, 0.6) is 0 Å². The van der Waals surface area contributed by atoms with Crippen LogP contribution >= 0.6 is 11.6 Å². The van der Waals surface area contributed by atoms with Gasteiger partial charge in [-0.05, 0) is 54.7 Å². The minimum Gasteiger partial charge on any atom is -0.423 e. The Balaban J connectivity index is 0.000000271. The molecule has 4 nitrogen and oxygen atoms in total. The van der Waals surface area contributed by atoms with Gasteiger partial charge in [-0.25, -0.2) is 0 Å². The van der Waals surface area contributed by atoms with E-state index in [1.54, 1.807) is 55.5 Å². The fraction of sp³-hybridized carbons (Fsp3) is 0.103. The monoisotopic (exact) mass is 488 g/mol. The van der Waals surface area contributed by atoms with Crippen LogP contribution in [0.4, 0.5) is 0 Å². The van der Waals surface area contributed by atoms with Gasteiger partial charge in [-0.15, -0.1) is 0 Å². The van der Waals surface area contributed by atoms with Gasteiger partial charge < -0.3 is 10.0 Å². The van der Waals surface area contributed by atoms with Crippen molar-refractivity contribution >= 4 is 35.7 Å². The number of hydrogen-bond acceptors (Lipinski definition) is 4. The van der Waals surface area contributed by atoms with E-state index < -0.39 is 7.12 Å². The maximum atomic E-state index is 11.1. The second-order valence-electron chi connectivity index (χ2n) is 7.35. The van der Waals surface area contributed by atoms with Gasteiger partial charge in [0.25, 0.3) is 0 Å². The zero-order chi connectivity index (χ0) is 24.9. The highest BCUT2D eigenvalue weighted by Crippen LogP contribution is 2.19. The Bertz CT molecular complexity index is 1160. The van der Waals surface area contributed by atoms with Crippen molar-refractivity contribution in [2.45, 2.75) is 21.3 Å². The van der Waals surface area contributed by atoms with Gasteiger partial charge in [-0.3, -0.25) is 9.59 Å². The van der Waals surface area contributed by atoms with E-state index in [-0.39, 0.29) is 19.0 Å². The minimum absolute atomic E-state index is 0. The van der Waals surface area contributed by atoms with Gasteiger partial charge in [0.05, 0.1) is 0 Å². The number of hydrogen-bond donors (Lipinski definition) is 2. The van der Waals surface area contributed by atoms with Crippen molar-refractivity contribution in [1.29, 1.82) is 0 Å². The summed E-state index contributed by atoms with van der Waals surface area (Å²) in [4.78, 5) is 21.8. The summed E-state index contributed by atoms with van der Waals surface area (Å²) in [5.74, 6) is 0.172. The third kappa shape index (κ3) is 10.5. The van der Waals surface area contributed by atoms with Gasteiger partial charge >= 0.3 is 7.12 Å². The number of rotatable bonds is 4. The Hall–Kier alpha value is -3.51. The lowest BCUT2D eigenvalue weighted by atomic mass is 9.81. The fourth-order valence-corrected chi connectivity index (χ4v) is 2.96. The summed E-state index contributed by atoms with van der Waals surface area (Å²) >= 11 is 5.61. The predicted molar refractivity (Wildman–Crippen MR) is 146 cm³/mol. The third-order valence-electron chi connectivity index (χ3n) is 4.75. The largest absolute Gasteiger partial charge is 0.488 e. The van der Waals surface area contributed by atoms with Crippen LogP contribution in [-0.4, -0.2) is 28.7 Å². The quantitative estimate of drug-likeness (QED) is 0.269. The van der Waals surface area contributed by atoms with Gasteiger partial charge in [-0.1, -0.05) is 104 Å². The number of ketones is 2. The highest BCUT2D eigenvalue weighted by atomic mass is 35.5. The van der Waals surface area contributed by atoms with Gasteiger partial charge in [0.15, 0.2) is 11.6 Å². The molecular formula is C29H30BClO4. The Morgan fingerprint density at radius 3 is 1.34 bits per heavy atom. The lowest BCUT2D eigenvalue weighted by Crippen LogP contribution is -2.29. The maximum Gasteiger partial charge on any atom is 0.488 e. The van der Waals surface area contributed by atoms with Crippen molar-refractivity contribution in [3.05, 3.63) is 125 Å². The fourth-order valence-electron chi connectivity index (χ4n) is 2.84. The first-order chi connectivity index (χ1) is 16.3. The molecule has 35 heavy (non-hydrogen) atoms. The summed E-state index contributed by atoms with van der Waals surface area (Å²) in [5, 5.41) is 17.8. The average Bonchev–Trinajstić information content (AvgIpc) is 2.86. The topological polar surface area (TPSA) is 74.6 Å². The van der Waals surface area contributed by atoms with E-state index in [9.17, 15) is 9.59 Å². The van der Waals surface area contributed by atoms with Crippen molar-refractivity contribution in [3.8, 4) is 11.1 Å². The number of halogens is 1. The van der Waals surface area contributed by atoms with Crippen LogP contribution in [0.2, 0.25) is 5.02 Å². The molecule has 4 rings (SSSR count). The van der Waals surface area contributed by atoms with E-state index in [4.69, 9.17) is 21.6 Å². The predicted octanol–water partition coefficient (Wildman–Crippen LogP) is 6.10. The molecule has 0 aliphatic heterocycles. The van der Waals surface area contributed by atoms with Crippen molar-refractivity contribution in [1.82, 2.24) is 0 Å². The minimum atomic E-state index is -1.34. The standard InChI is InChI=1S/C14H12O.C8H7ClO.C6H7BO2.CH4/c1-11(15)12-7-9-14(10-8-12)13-5-3-2-4-6-13;1-6(10)7-2-4-8(9)5-3-7;8-7(9)6-4-2-1-3-5-6;/h2-10H,1H3;2-5H,1H3;1-5,8-9H;1H4. The second-order valence-corrected chi connectivity index (χ2v) is 7.78. The summed E-state index contributed by atoms with van der Waals surface area (Å²) in [5.41, 5.74) is 4.30. The molecule has 0 heterocycles. The SMILES string of the molecule is C.CC(=O)c1ccc(-c2ccccc2)cc1.CC(=O)c1ccc(Cl)cc1.OB(O)c1ccccc1. The lowest BCUT2D eigenvalue weighted by Gasteiger charge is -2.01. The molecule has 0 bridgehead atoms. The molecule has 0 amide bonds. The molecule has 4 aromatic rings. The lowest BCUT2D eigenvalue weighted by molar-refractivity contribution is 0.100. The zero-order valence-corrected chi connectivity index (χ0v) is 19.8. The Morgan fingerprint density at radius 2 is 0.971 bits per heavy atom. The van der Waals surface area contributed by atoms with E-state index >= 15 is 0 Å². The molecule has 0 saturated heterocycles.